The zero-order valence-electron chi connectivity index (χ0n) is 25.1. The molecule has 1 fully saturated rings. The molecule has 0 saturated carbocycles. The number of hydrogen-bond donors (Lipinski definition) is 2. The van der Waals surface area contributed by atoms with E-state index in [1.807, 2.05) is 26.0 Å². The van der Waals surface area contributed by atoms with Crippen LogP contribution in [0.2, 0.25) is 5.02 Å². The van der Waals surface area contributed by atoms with Gasteiger partial charge in [-0.3, -0.25) is 14.5 Å². The third kappa shape index (κ3) is 6.14. The lowest BCUT2D eigenvalue weighted by Crippen LogP contribution is -2.36. The van der Waals surface area contributed by atoms with Gasteiger partial charge in [-0.2, -0.15) is 0 Å². The number of anilines is 1. The molecule has 2 N–H and O–H groups in total. The molecule has 2 heterocycles. The van der Waals surface area contributed by atoms with Crippen molar-refractivity contribution in [3.63, 3.8) is 0 Å². The fourth-order valence-corrected chi connectivity index (χ4v) is 6.54. The Morgan fingerprint density at radius 2 is 1.82 bits per heavy atom. The first-order valence-corrected chi connectivity index (χ1v) is 15.0. The Morgan fingerprint density at radius 1 is 1.09 bits per heavy atom. The van der Waals surface area contributed by atoms with Crippen LogP contribution in [-0.2, 0) is 22.4 Å². The van der Waals surface area contributed by atoms with E-state index >= 15 is 4.39 Å². The summed E-state index contributed by atoms with van der Waals surface area (Å²) in [6, 6.07) is 10.6. The van der Waals surface area contributed by atoms with Crippen LogP contribution in [0, 0.1) is 11.7 Å². The molecular weight excluding hydrogens is 591 g/mol. The van der Waals surface area contributed by atoms with E-state index in [4.69, 9.17) is 30.5 Å². The van der Waals surface area contributed by atoms with Crippen molar-refractivity contribution in [1.82, 2.24) is 4.90 Å². The summed E-state index contributed by atoms with van der Waals surface area (Å²) in [5.74, 6) is -2.20. The molecule has 2 aliphatic rings. The van der Waals surface area contributed by atoms with Gasteiger partial charge in [0.2, 0.25) is 18.4 Å². The predicted octanol–water partition coefficient (Wildman–Crippen LogP) is 6.22. The second-order valence-electron chi connectivity index (χ2n) is 10.8. The van der Waals surface area contributed by atoms with Crippen LogP contribution in [0.4, 0.5) is 10.1 Å². The van der Waals surface area contributed by atoms with Crippen LogP contribution in [0.3, 0.4) is 0 Å². The first-order chi connectivity index (χ1) is 21.2. The number of hydrogen-bond acceptors (Lipinski definition) is 7. The number of halogens is 2. The van der Waals surface area contributed by atoms with Gasteiger partial charge in [-0.25, -0.2) is 4.39 Å². The highest BCUT2D eigenvalue weighted by molar-refractivity contribution is 6.30. The average molecular weight is 627 g/mol. The van der Waals surface area contributed by atoms with Crippen molar-refractivity contribution in [3.8, 4) is 23.0 Å². The second kappa shape index (κ2) is 13.3. The van der Waals surface area contributed by atoms with Crippen LogP contribution in [0.15, 0.2) is 42.5 Å². The number of likely N-dealkylation sites (tertiary alicyclic amines) is 1. The zero-order valence-corrected chi connectivity index (χ0v) is 25.9. The van der Waals surface area contributed by atoms with Gasteiger partial charge < -0.3 is 29.4 Å². The molecule has 1 amide bonds. The molecule has 3 aromatic carbocycles. The average Bonchev–Trinajstić information content (AvgIpc) is 3.62. The maximum Gasteiger partial charge on any atom is 0.309 e. The molecule has 1 unspecified atom stereocenters. The number of carbonyl (C=O) groups is 2. The standard InChI is InChI=1S/C33H36ClFN2O7/c1-5-18-10-21(34)11-19(6-2)30(18)36-28(38)16-37-15-24(20-12-26(41-4)32-27(13-20)43-17-44-32)29(33(39)40)31(37)23-9-8-22(42-7-3)14-25(23)35/h8-14,24,29,31H,5-7,15-17H2,1-4H3,(H,36,38)(H,39,40)/t24-,29?,31+/m1/s1. The summed E-state index contributed by atoms with van der Waals surface area (Å²) in [5.41, 5.74) is 3.27. The summed E-state index contributed by atoms with van der Waals surface area (Å²) in [6.45, 7) is 6.10. The van der Waals surface area contributed by atoms with E-state index in [9.17, 15) is 14.7 Å². The molecule has 0 aromatic heterocycles. The van der Waals surface area contributed by atoms with Crippen LogP contribution in [-0.4, -0.2) is 55.5 Å². The van der Waals surface area contributed by atoms with Gasteiger partial charge in [-0.1, -0.05) is 31.5 Å². The fraction of sp³-hybridized carbons (Fsp3) is 0.394. The quantitative estimate of drug-likeness (QED) is 0.258. The number of rotatable bonds is 11. The van der Waals surface area contributed by atoms with Crippen LogP contribution in [0.5, 0.6) is 23.0 Å². The highest BCUT2D eigenvalue weighted by atomic mass is 35.5. The molecular formula is C33H36ClFN2O7. The van der Waals surface area contributed by atoms with Crippen molar-refractivity contribution in [1.29, 1.82) is 0 Å². The monoisotopic (exact) mass is 626 g/mol. The molecule has 0 bridgehead atoms. The highest BCUT2D eigenvalue weighted by Gasteiger charge is 2.49. The molecule has 1 saturated heterocycles. The van der Waals surface area contributed by atoms with Crippen LogP contribution in [0.1, 0.15) is 55.0 Å². The van der Waals surface area contributed by atoms with E-state index < -0.39 is 29.7 Å². The zero-order chi connectivity index (χ0) is 31.5. The Kier molecular flexibility index (Phi) is 9.51. The minimum Gasteiger partial charge on any atom is -0.494 e. The lowest BCUT2D eigenvalue weighted by atomic mass is 9.82. The van der Waals surface area contributed by atoms with Gasteiger partial charge in [-0.15, -0.1) is 0 Å². The molecule has 11 heteroatoms. The Labute approximate surface area is 260 Å². The smallest absolute Gasteiger partial charge is 0.309 e. The molecule has 44 heavy (non-hydrogen) atoms. The largest absolute Gasteiger partial charge is 0.494 e. The van der Waals surface area contributed by atoms with Crippen LogP contribution >= 0.6 is 11.6 Å². The molecule has 5 rings (SSSR count). The van der Waals surface area contributed by atoms with Gasteiger partial charge in [0.1, 0.15) is 11.6 Å². The molecule has 0 radical (unpaired) electrons. The summed E-state index contributed by atoms with van der Waals surface area (Å²) in [6.07, 6.45) is 1.31. The topological polar surface area (TPSA) is 107 Å². The lowest BCUT2D eigenvalue weighted by molar-refractivity contribution is -0.143. The Hall–Kier alpha value is -4.02. The number of ether oxygens (including phenoxy) is 4. The Bertz CT molecular complexity index is 1540. The minimum atomic E-state index is -1.12. The third-order valence-corrected chi connectivity index (χ3v) is 8.45. The van der Waals surface area contributed by atoms with E-state index in [0.29, 0.717) is 58.7 Å². The second-order valence-corrected chi connectivity index (χ2v) is 11.2. The normalized spacial score (nSPS) is 19.2. The minimum absolute atomic E-state index is 0.0126. The number of fused-ring (bicyclic) bond motifs is 1. The summed E-state index contributed by atoms with van der Waals surface area (Å²) in [7, 11) is 1.49. The number of nitrogens with one attached hydrogen (secondary N) is 1. The van der Waals surface area contributed by atoms with Gasteiger partial charge in [0, 0.05) is 34.8 Å². The van der Waals surface area contributed by atoms with E-state index in [0.717, 1.165) is 11.1 Å². The lowest BCUT2D eigenvalue weighted by Gasteiger charge is -2.27. The number of aliphatic carboxylic acids is 1. The van der Waals surface area contributed by atoms with Gasteiger partial charge in [0.25, 0.3) is 0 Å². The maximum atomic E-state index is 15.7. The van der Waals surface area contributed by atoms with Crippen molar-refractivity contribution in [2.24, 2.45) is 5.92 Å². The summed E-state index contributed by atoms with van der Waals surface area (Å²) < 4.78 is 37.8. The van der Waals surface area contributed by atoms with Crippen LogP contribution < -0.4 is 24.3 Å². The summed E-state index contributed by atoms with van der Waals surface area (Å²) >= 11 is 6.32. The van der Waals surface area contributed by atoms with Gasteiger partial charge in [0.15, 0.2) is 11.5 Å². The number of carboxylic acid groups (broad SMARTS) is 1. The number of carbonyl (C=O) groups excluding carboxylic acids is 1. The molecule has 2 aliphatic heterocycles. The predicted molar refractivity (Wildman–Crippen MR) is 164 cm³/mol. The van der Waals surface area contributed by atoms with E-state index in [1.54, 1.807) is 30.0 Å². The van der Waals surface area contributed by atoms with Crippen molar-refractivity contribution in [2.75, 3.05) is 38.9 Å². The van der Waals surface area contributed by atoms with Gasteiger partial charge in [-0.05, 0) is 66.8 Å². The summed E-state index contributed by atoms with van der Waals surface area (Å²) in [4.78, 5) is 28.4. The summed E-state index contributed by atoms with van der Waals surface area (Å²) in [5, 5.41) is 14.2. The van der Waals surface area contributed by atoms with E-state index in [2.05, 4.69) is 5.32 Å². The van der Waals surface area contributed by atoms with E-state index in [-0.39, 0.29) is 31.4 Å². The maximum absolute atomic E-state index is 15.7. The number of benzene rings is 3. The highest BCUT2D eigenvalue weighted by Crippen LogP contribution is 2.50. The number of nitrogens with zero attached hydrogens (tertiary/aromatic N) is 1. The number of amides is 1. The van der Waals surface area contributed by atoms with Crippen molar-refractivity contribution in [2.45, 2.75) is 45.6 Å². The van der Waals surface area contributed by atoms with E-state index in [1.165, 1.54) is 19.2 Å². The molecule has 234 valence electrons. The Morgan fingerprint density at radius 3 is 2.43 bits per heavy atom. The fourth-order valence-electron chi connectivity index (χ4n) is 6.27. The SMILES string of the molecule is CCOc1ccc([C@H]2C(C(=O)O)[C@@H](c3cc(OC)c4c(c3)OCO4)CN2CC(=O)Nc2c(CC)cc(Cl)cc2CC)c(F)c1. The van der Waals surface area contributed by atoms with Crippen LogP contribution in [0.25, 0.3) is 0 Å². The molecule has 3 atom stereocenters. The van der Waals surface area contributed by atoms with Crippen molar-refractivity contribution in [3.05, 3.63) is 75.6 Å². The van der Waals surface area contributed by atoms with Crippen molar-refractivity contribution >= 4 is 29.2 Å². The number of carboxylic acids is 1. The molecule has 3 aromatic rings. The first kappa shape index (κ1) is 31.4. The van der Waals surface area contributed by atoms with Gasteiger partial charge >= 0.3 is 5.97 Å². The molecule has 0 spiro atoms. The number of methoxy groups -OCH3 is 1. The Balaban J connectivity index is 1.55. The number of aryl methyl sites for hydroxylation is 2. The first-order valence-electron chi connectivity index (χ1n) is 14.7. The van der Waals surface area contributed by atoms with Crippen molar-refractivity contribution < 1.29 is 38.0 Å². The molecule has 0 aliphatic carbocycles. The third-order valence-electron chi connectivity index (χ3n) is 8.23. The molecule has 9 nitrogen and oxygen atoms in total. The van der Waals surface area contributed by atoms with Gasteiger partial charge in [0.05, 0.1) is 32.2 Å².